The first-order valence-electron chi connectivity index (χ1n) is 5.31. The predicted molar refractivity (Wildman–Crippen MR) is 66.2 cm³/mol. The minimum absolute atomic E-state index is 0.0462. The molecule has 1 aromatic carbocycles. The molecule has 1 aromatic rings. The van der Waals surface area contributed by atoms with Gasteiger partial charge in [0.25, 0.3) is 5.69 Å². The van der Waals surface area contributed by atoms with Crippen LogP contribution in [0, 0.1) is 10.1 Å². The number of hydrogen-bond acceptors (Lipinski definition) is 4. The van der Waals surface area contributed by atoms with Crippen LogP contribution >= 0.6 is 0 Å². The lowest BCUT2D eigenvalue weighted by atomic mass is 10.2. The predicted octanol–water partition coefficient (Wildman–Crippen LogP) is 2.27. The highest BCUT2D eigenvalue weighted by atomic mass is 16.6. The Hall–Kier alpha value is -1.88. The van der Waals surface area contributed by atoms with E-state index in [2.05, 4.69) is 11.9 Å². The van der Waals surface area contributed by atoms with Crippen molar-refractivity contribution in [2.24, 2.45) is 0 Å². The molecular weight excluding hydrogens is 220 g/mol. The molecule has 0 atom stereocenters. The minimum Gasteiger partial charge on any atom is -0.496 e. The first-order chi connectivity index (χ1) is 8.17. The van der Waals surface area contributed by atoms with Crippen LogP contribution in [0.1, 0.15) is 12.0 Å². The summed E-state index contributed by atoms with van der Waals surface area (Å²) in [5.41, 5.74) is 0.880. The number of hydrogen-bond donors (Lipinski definition) is 1. The zero-order chi connectivity index (χ0) is 12.7. The normalized spacial score (nSPS) is 9.94. The van der Waals surface area contributed by atoms with Gasteiger partial charge in [0.1, 0.15) is 5.75 Å². The molecule has 17 heavy (non-hydrogen) atoms. The Morgan fingerprint density at radius 3 is 2.88 bits per heavy atom. The molecule has 0 bridgehead atoms. The fourth-order valence-corrected chi connectivity index (χ4v) is 1.41. The second-order valence-electron chi connectivity index (χ2n) is 3.55. The van der Waals surface area contributed by atoms with Crippen LogP contribution in [-0.4, -0.2) is 18.6 Å². The number of ether oxygens (including phenoxy) is 1. The molecule has 0 fully saturated rings. The summed E-state index contributed by atoms with van der Waals surface area (Å²) in [6.07, 6.45) is 2.69. The van der Waals surface area contributed by atoms with Crippen molar-refractivity contribution in [3.63, 3.8) is 0 Å². The minimum atomic E-state index is -0.421. The van der Waals surface area contributed by atoms with Crippen molar-refractivity contribution in [2.45, 2.75) is 13.0 Å². The molecule has 0 heterocycles. The quantitative estimate of drug-likeness (QED) is 0.341. The van der Waals surface area contributed by atoms with Gasteiger partial charge in [0.2, 0.25) is 0 Å². The van der Waals surface area contributed by atoms with E-state index in [1.54, 1.807) is 12.1 Å². The molecule has 5 nitrogen and oxygen atoms in total. The maximum atomic E-state index is 10.7. The van der Waals surface area contributed by atoms with Crippen molar-refractivity contribution in [3.05, 3.63) is 46.5 Å². The maximum absolute atomic E-state index is 10.7. The molecular formula is C12H16N2O3. The van der Waals surface area contributed by atoms with Crippen molar-refractivity contribution < 1.29 is 9.66 Å². The first-order valence-corrected chi connectivity index (χ1v) is 5.31. The van der Waals surface area contributed by atoms with Gasteiger partial charge in [-0.15, -0.1) is 6.58 Å². The van der Waals surface area contributed by atoms with Crippen LogP contribution in [0.4, 0.5) is 5.69 Å². The van der Waals surface area contributed by atoms with Crippen LogP contribution < -0.4 is 10.1 Å². The van der Waals surface area contributed by atoms with E-state index < -0.39 is 4.92 Å². The number of rotatable bonds is 7. The number of non-ortho nitro benzene ring substituents is 1. The number of nitro groups is 1. The Bertz CT molecular complexity index is 405. The summed E-state index contributed by atoms with van der Waals surface area (Å²) in [4.78, 5) is 10.3. The average molecular weight is 236 g/mol. The molecule has 0 radical (unpaired) electrons. The van der Waals surface area contributed by atoms with E-state index in [9.17, 15) is 10.1 Å². The summed E-state index contributed by atoms with van der Waals surface area (Å²) in [5, 5.41) is 13.9. The molecule has 0 unspecified atom stereocenters. The molecule has 5 heteroatoms. The van der Waals surface area contributed by atoms with Gasteiger partial charge in [-0.1, -0.05) is 6.08 Å². The standard InChI is InChI=1S/C12H16N2O3/c1-3-4-5-13-9-10-6-11(14(15)16)8-12(7-10)17-2/h3,6-8,13H,1,4-5,9H2,2H3. The van der Waals surface area contributed by atoms with E-state index in [4.69, 9.17) is 4.74 Å². The van der Waals surface area contributed by atoms with E-state index >= 15 is 0 Å². The van der Waals surface area contributed by atoms with Gasteiger partial charge >= 0.3 is 0 Å². The van der Waals surface area contributed by atoms with E-state index in [0.717, 1.165) is 18.5 Å². The lowest BCUT2D eigenvalue weighted by Gasteiger charge is -2.06. The Labute approximate surface area is 100 Å². The number of nitrogens with one attached hydrogen (secondary N) is 1. The summed E-state index contributed by atoms with van der Waals surface area (Å²) in [5.74, 6) is 0.500. The molecule has 1 N–H and O–H groups in total. The zero-order valence-corrected chi connectivity index (χ0v) is 9.81. The lowest BCUT2D eigenvalue weighted by Crippen LogP contribution is -2.14. The summed E-state index contributed by atoms with van der Waals surface area (Å²) in [6.45, 7) is 5.00. The van der Waals surface area contributed by atoms with E-state index in [1.807, 2.05) is 6.08 Å². The molecule has 0 aliphatic rings. The molecule has 92 valence electrons. The van der Waals surface area contributed by atoms with Gasteiger partial charge in [0.15, 0.2) is 0 Å². The summed E-state index contributed by atoms with van der Waals surface area (Å²) in [7, 11) is 1.49. The van der Waals surface area contributed by atoms with Crippen LogP contribution in [0.25, 0.3) is 0 Å². The fraction of sp³-hybridized carbons (Fsp3) is 0.333. The van der Waals surface area contributed by atoms with Crippen molar-refractivity contribution in [1.82, 2.24) is 5.32 Å². The Morgan fingerprint density at radius 1 is 1.53 bits per heavy atom. The molecule has 0 aliphatic carbocycles. The molecule has 0 aromatic heterocycles. The van der Waals surface area contributed by atoms with Crippen molar-refractivity contribution in [2.75, 3.05) is 13.7 Å². The third-order valence-electron chi connectivity index (χ3n) is 2.25. The van der Waals surface area contributed by atoms with E-state index in [0.29, 0.717) is 12.3 Å². The van der Waals surface area contributed by atoms with Crippen LogP contribution in [-0.2, 0) is 6.54 Å². The summed E-state index contributed by atoms with van der Waals surface area (Å²) < 4.78 is 5.02. The van der Waals surface area contributed by atoms with Gasteiger partial charge in [-0.3, -0.25) is 10.1 Å². The third kappa shape index (κ3) is 4.24. The summed E-state index contributed by atoms with van der Waals surface area (Å²) in [6, 6.07) is 4.74. The van der Waals surface area contributed by atoms with Gasteiger partial charge in [0.05, 0.1) is 18.1 Å². The highest BCUT2D eigenvalue weighted by Gasteiger charge is 2.09. The van der Waals surface area contributed by atoms with Crippen molar-refractivity contribution in [1.29, 1.82) is 0 Å². The van der Waals surface area contributed by atoms with Gasteiger partial charge < -0.3 is 10.1 Å². The zero-order valence-electron chi connectivity index (χ0n) is 9.81. The smallest absolute Gasteiger partial charge is 0.273 e. The monoisotopic (exact) mass is 236 g/mol. The van der Waals surface area contributed by atoms with Gasteiger partial charge in [0, 0.05) is 12.6 Å². The number of benzene rings is 1. The largest absolute Gasteiger partial charge is 0.496 e. The van der Waals surface area contributed by atoms with Crippen LogP contribution in [0.5, 0.6) is 5.75 Å². The highest BCUT2D eigenvalue weighted by molar-refractivity contribution is 5.42. The number of methoxy groups -OCH3 is 1. The second kappa shape index (κ2) is 6.65. The fourth-order valence-electron chi connectivity index (χ4n) is 1.41. The first kappa shape index (κ1) is 13.2. The van der Waals surface area contributed by atoms with Gasteiger partial charge in [-0.2, -0.15) is 0 Å². The molecule has 0 spiro atoms. The van der Waals surface area contributed by atoms with Gasteiger partial charge in [-0.05, 0) is 24.6 Å². The van der Waals surface area contributed by atoms with E-state index in [1.165, 1.54) is 13.2 Å². The molecule has 0 saturated heterocycles. The van der Waals surface area contributed by atoms with Crippen molar-refractivity contribution >= 4 is 5.69 Å². The van der Waals surface area contributed by atoms with E-state index in [-0.39, 0.29) is 5.69 Å². The Balaban J connectivity index is 2.73. The second-order valence-corrected chi connectivity index (χ2v) is 3.55. The average Bonchev–Trinajstić information content (AvgIpc) is 2.34. The molecule has 0 amide bonds. The number of nitrogens with zero attached hydrogens (tertiary/aromatic N) is 1. The van der Waals surface area contributed by atoms with Crippen molar-refractivity contribution in [3.8, 4) is 5.75 Å². The Kier molecular flexibility index (Phi) is 5.16. The lowest BCUT2D eigenvalue weighted by molar-refractivity contribution is -0.385. The Morgan fingerprint density at radius 2 is 2.29 bits per heavy atom. The van der Waals surface area contributed by atoms with Crippen LogP contribution in [0.2, 0.25) is 0 Å². The SMILES string of the molecule is C=CCCNCc1cc(OC)cc([N+](=O)[O-])c1. The van der Waals surface area contributed by atoms with Crippen LogP contribution in [0.15, 0.2) is 30.9 Å². The molecule has 1 rings (SSSR count). The molecule has 0 aliphatic heterocycles. The molecule has 0 saturated carbocycles. The highest BCUT2D eigenvalue weighted by Crippen LogP contribution is 2.22. The topological polar surface area (TPSA) is 64.4 Å². The maximum Gasteiger partial charge on any atom is 0.273 e. The van der Waals surface area contributed by atoms with Gasteiger partial charge in [-0.25, -0.2) is 0 Å². The third-order valence-corrected chi connectivity index (χ3v) is 2.25. The van der Waals surface area contributed by atoms with Crippen LogP contribution in [0.3, 0.4) is 0 Å². The summed E-state index contributed by atoms with van der Waals surface area (Å²) >= 11 is 0. The number of nitro benzene ring substituents is 1.